The largest absolute Gasteiger partial charge is 0.360 e. The average Bonchev–Trinajstić information content (AvgIpc) is 2.88. The number of carbonyl (C=O) groups excluding carboxylic acids is 1. The standard InChI is InChI=1S/C12H17N3O2/c1-7-4-9(6-13-7)14-12(16)10-5-11(17-15-10)8-2-3-8/h5,7-9,13H,2-4,6H2,1H3,(H,14,16)/t7-,9+/m1/s1. The van der Waals surface area contributed by atoms with Gasteiger partial charge in [0.1, 0.15) is 5.76 Å². The maximum Gasteiger partial charge on any atom is 0.273 e. The van der Waals surface area contributed by atoms with Gasteiger partial charge in [0.15, 0.2) is 5.69 Å². The number of rotatable bonds is 3. The zero-order valence-corrected chi connectivity index (χ0v) is 9.90. The molecule has 2 heterocycles. The van der Waals surface area contributed by atoms with Gasteiger partial charge in [-0.05, 0) is 26.2 Å². The van der Waals surface area contributed by atoms with Crippen molar-refractivity contribution >= 4 is 5.91 Å². The number of hydrogen-bond donors (Lipinski definition) is 2. The van der Waals surface area contributed by atoms with E-state index in [1.807, 2.05) is 0 Å². The molecule has 1 saturated carbocycles. The highest BCUT2D eigenvalue weighted by Gasteiger charge is 2.29. The highest BCUT2D eigenvalue weighted by Crippen LogP contribution is 2.40. The van der Waals surface area contributed by atoms with Gasteiger partial charge < -0.3 is 15.2 Å². The number of aromatic nitrogens is 1. The summed E-state index contributed by atoms with van der Waals surface area (Å²) in [7, 11) is 0. The van der Waals surface area contributed by atoms with Crippen LogP contribution in [0.15, 0.2) is 10.6 Å². The van der Waals surface area contributed by atoms with Crippen molar-refractivity contribution in [3.63, 3.8) is 0 Å². The minimum absolute atomic E-state index is 0.124. The predicted octanol–water partition coefficient (Wildman–Crippen LogP) is 1.03. The molecule has 0 bridgehead atoms. The molecule has 92 valence electrons. The normalized spacial score (nSPS) is 28.3. The topological polar surface area (TPSA) is 67.2 Å². The maximum atomic E-state index is 11.9. The minimum atomic E-state index is -0.124. The average molecular weight is 235 g/mol. The van der Waals surface area contributed by atoms with Crippen molar-refractivity contribution in [1.29, 1.82) is 0 Å². The van der Waals surface area contributed by atoms with E-state index in [0.29, 0.717) is 17.7 Å². The molecular weight excluding hydrogens is 218 g/mol. The SMILES string of the molecule is C[C@@H]1C[C@H](NC(=O)c2cc(C3CC3)on2)CN1. The van der Waals surface area contributed by atoms with Crippen molar-refractivity contribution < 1.29 is 9.32 Å². The van der Waals surface area contributed by atoms with E-state index >= 15 is 0 Å². The van der Waals surface area contributed by atoms with E-state index in [-0.39, 0.29) is 11.9 Å². The predicted molar refractivity (Wildman–Crippen MR) is 61.8 cm³/mol. The van der Waals surface area contributed by atoms with Gasteiger partial charge in [-0.25, -0.2) is 0 Å². The Bertz CT molecular complexity index is 425. The lowest BCUT2D eigenvalue weighted by Gasteiger charge is -2.09. The lowest BCUT2D eigenvalue weighted by Crippen LogP contribution is -2.36. The van der Waals surface area contributed by atoms with Gasteiger partial charge in [0.05, 0.1) is 0 Å². The lowest BCUT2D eigenvalue weighted by molar-refractivity contribution is 0.0930. The van der Waals surface area contributed by atoms with Gasteiger partial charge in [-0.2, -0.15) is 0 Å². The molecule has 2 N–H and O–H groups in total. The Labute approximate surface area is 99.9 Å². The second-order valence-electron chi connectivity index (χ2n) is 5.10. The Morgan fingerprint density at radius 3 is 3.06 bits per heavy atom. The molecule has 0 aromatic carbocycles. The minimum Gasteiger partial charge on any atom is -0.360 e. The fourth-order valence-corrected chi connectivity index (χ4v) is 2.26. The quantitative estimate of drug-likeness (QED) is 0.821. The van der Waals surface area contributed by atoms with Crippen molar-refractivity contribution in [3.05, 3.63) is 17.5 Å². The molecule has 0 radical (unpaired) electrons. The first-order valence-corrected chi connectivity index (χ1v) is 6.23. The Morgan fingerprint density at radius 1 is 1.59 bits per heavy atom. The van der Waals surface area contributed by atoms with Crippen molar-refractivity contribution in [2.75, 3.05) is 6.54 Å². The highest BCUT2D eigenvalue weighted by molar-refractivity contribution is 5.92. The molecule has 0 spiro atoms. The number of nitrogens with one attached hydrogen (secondary N) is 2. The third kappa shape index (κ3) is 2.34. The van der Waals surface area contributed by atoms with Gasteiger partial charge in [0, 0.05) is 30.6 Å². The summed E-state index contributed by atoms with van der Waals surface area (Å²) in [6.07, 6.45) is 3.28. The van der Waals surface area contributed by atoms with Gasteiger partial charge in [0.2, 0.25) is 0 Å². The summed E-state index contributed by atoms with van der Waals surface area (Å²) in [6.45, 7) is 2.95. The van der Waals surface area contributed by atoms with Crippen molar-refractivity contribution in [2.45, 2.75) is 44.2 Å². The van der Waals surface area contributed by atoms with E-state index < -0.39 is 0 Å². The van der Waals surface area contributed by atoms with Crippen LogP contribution in [0, 0.1) is 0 Å². The first-order chi connectivity index (χ1) is 8.22. The summed E-state index contributed by atoms with van der Waals surface area (Å²) in [6, 6.07) is 2.46. The second-order valence-corrected chi connectivity index (χ2v) is 5.10. The zero-order chi connectivity index (χ0) is 11.8. The first kappa shape index (κ1) is 10.8. The third-order valence-electron chi connectivity index (χ3n) is 3.43. The van der Waals surface area contributed by atoms with E-state index in [9.17, 15) is 4.79 Å². The van der Waals surface area contributed by atoms with Crippen molar-refractivity contribution in [1.82, 2.24) is 15.8 Å². The van der Waals surface area contributed by atoms with Crippen LogP contribution < -0.4 is 10.6 Å². The summed E-state index contributed by atoms with van der Waals surface area (Å²) in [5, 5.41) is 10.1. The molecule has 0 unspecified atom stereocenters. The number of amides is 1. The van der Waals surface area contributed by atoms with Crippen LogP contribution in [0.5, 0.6) is 0 Å². The molecule has 1 aliphatic heterocycles. The summed E-state index contributed by atoms with van der Waals surface area (Å²) < 4.78 is 5.17. The zero-order valence-electron chi connectivity index (χ0n) is 9.90. The lowest BCUT2D eigenvalue weighted by atomic mass is 10.2. The number of carbonyl (C=O) groups is 1. The second kappa shape index (κ2) is 4.14. The third-order valence-corrected chi connectivity index (χ3v) is 3.43. The van der Waals surface area contributed by atoms with E-state index in [1.54, 1.807) is 6.07 Å². The fraction of sp³-hybridized carbons (Fsp3) is 0.667. The van der Waals surface area contributed by atoms with E-state index in [1.165, 1.54) is 0 Å². The molecule has 1 aliphatic carbocycles. The molecule has 1 saturated heterocycles. The Balaban J connectivity index is 1.60. The van der Waals surface area contributed by atoms with Crippen LogP contribution in [0.3, 0.4) is 0 Å². The first-order valence-electron chi connectivity index (χ1n) is 6.23. The van der Waals surface area contributed by atoms with Gasteiger partial charge in [0.25, 0.3) is 5.91 Å². The summed E-state index contributed by atoms with van der Waals surface area (Å²) >= 11 is 0. The summed E-state index contributed by atoms with van der Waals surface area (Å²) in [5.41, 5.74) is 0.409. The van der Waals surface area contributed by atoms with E-state index in [4.69, 9.17) is 4.52 Å². The fourth-order valence-electron chi connectivity index (χ4n) is 2.26. The molecule has 5 heteroatoms. The molecular formula is C12H17N3O2. The summed E-state index contributed by atoms with van der Waals surface area (Å²) in [5.74, 6) is 1.23. The molecule has 3 rings (SSSR count). The van der Waals surface area contributed by atoms with Crippen LogP contribution in [0.2, 0.25) is 0 Å². The smallest absolute Gasteiger partial charge is 0.273 e. The monoisotopic (exact) mass is 235 g/mol. The molecule has 1 aromatic heterocycles. The van der Waals surface area contributed by atoms with Crippen LogP contribution in [-0.4, -0.2) is 29.7 Å². The summed E-state index contributed by atoms with van der Waals surface area (Å²) in [4.78, 5) is 11.9. The molecule has 1 amide bonds. The van der Waals surface area contributed by atoms with Crippen LogP contribution in [0.4, 0.5) is 0 Å². The van der Waals surface area contributed by atoms with Crippen LogP contribution in [-0.2, 0) is 0 Å². The molecule has 1 aromatic rings. The number of hydrogen-bond acceptors (Lipinski definition) is 4. The van der Waals surface area contributed by atoms with E-state index in [2.05, 4.69) is 22.7 Å². The maximum absolute atomic E-state index is 11.9. The van der Waals surface area contributed by atoms with Gasteiger partial charge in [-0.1, -0.05) is 5.16 Å². The van der Waals surface area contributed by atoms with Crippen molar-refractivity contribution in [3.8, 4) is 0 Å². The van der Waals surface area contributed by atoms with Crippen LogP contribution in [0.25, 0.3) is 0 Å². The Hall–Kier alpha value is -1.36. The van der Waals surface area contributed by atoms with E-state index in [0.717, 1.165) is 31.6 Å². The van der Waals surface area contributed by atoms with Crippen LogP contribution >= 0.6 is 0 Å². The van der Waals surface area contributed by atoms with Gasteiger partial charge >= 0.3 is 0 Å². The van der Waals surface area contributed by atoms with Gasteiger partial charge in [-0.3, -0.25) is 4.79 Å². The molecule has 2 fully saturated rings. The molecule has 2 atom stereocenters. The Kier molecular flexibility index (Phi) is 2.63. The molecule has 5 nitrogen and oxygen atoms in total. The Morgan fingerprint density at radius 2 is 2.41 bits per heavy atom. The van der Waals surface area contributed by atoms with Crippen molar-refractivity contribution in [2.24, 2.45) is 0 Å². The van der Waals surface area contributed by atoms with Crippen LogP contribution in [0.1, 0.15) is 48.4 Å². The number of nitrogens with zero attached hydrogens (tertiary/aromatic N) is 1. The molecule has 17 heavy (non-hydrogen) atoms. The van der Waals surface area contributed by atoms with Gasteiger partial charge in [-0.15, -0.1) is 0 Å². The molecule has 2 aliphatic rings. The highest BCUT2D eigenvalue weighted by atomic mass is 16.5.